The first-order valence-corrected chi connectivity index (χ1v) is 6.97. The van der Waals surface area contributed by atoms with E-state index in [2.05, 4.69) is 31.2 Å². The average Bonchev–Trinajstić information content (AvgIpc) is 2.90. The molecule has 0 spiro atoms. The lowest BCUT2D eigenvalue weighted by atomic mass is 9.71. The van der Waals surface area contributed by atoms with Gasteiger partial charge < -0.3 is 10.2 Å². The molecule has 1 aromatic rings. The van der Waals surface area contributed by atoms with Gasteiger partial charge in [0.25, 0.3) is 0 Å². The summed E-state index contributed by atoms with van der Waals surface area (Å²) >= 11 is 0. The molecule has 1 fully saturated rings. The van der Waals surface area contributed by atoms with Crippen LogP contribution in [0.5, 0.6) is 0 Å². The van der Waals surface area contributed by atoms with Crippen LogP contribution in [0.1, 0.15) is 36.8 Å². The maximum Gasteiger partial charge on any atom is 0.0515 e. The van der Waals surface area contributed by atoms with Gasteiger partial charge in [-0.2, -0.15) is 0 Å². The van der Waals surface area contributed by atoms with Crippen LogP contribution in [0, 0.1) is 18.3 Å². The van der Waals surface area contributed by atoms with E-state index >= 15 is 0 Å². The van der Waals surface area contributed by atoms with Crippen molar-refractivity contribution in [1.29, 1.82) is 0 Å². The van der Waals surface area contributed by atoms with Crippen molar-refractivity contribution < 1.29 is 10.2 Å². The molecule has 0 atom stereocenters. The minimum absolute atomic E-state index is 0.0854. The van der Waals surface area contributed by atoms with Crippen molar-refractivity contribution in [2.24, 2.45) is 11.3 Å². The van der Waals surface area contributed by atoms with Crippen LogP contribution in [0.2, 0.25) is 0 Å². The molecule has 0 bridgehead atoms. The largest absolute Gasteiger partial charge is 0.396 e. The summed E-state index contributed by atoms with van der Waals surface area (Å²) in [6, 6.07) is 8.40. The van der Waals surface area contributed by atoms with Crippen molar-refractivity contribution in [3.63, 3.8) is 0 Å². The van der Waals surface area contributed by atoms with Crippen LogP contribution in [0.3, 0.4) is 0 Å². The van der Waals surface area contributed by atoms with Gasteiger partial charge in [0.15, 0.2) is 0 Å². The monoisotopic (exact) mass is 248 g/mol. The van der Waals surface area contributed by atoms with E-state index in [1.165, 1.54) is 24.0 Å². The Labute approximate surface area is 110 Å². The summed E-state index contributed by atoms with van der Waals surface area (Å²) in [6.07, 6.45) is 5.55. The van der Waals surface area contributed by atoms with Gasteiger partial charge in [-0.1, -0.05) is 42.7 Å². The molecule has 1 aromatic carbocycles. The topological polar surface area (TPSA) is 40.5 Å². The van der Waals surface area contributed by atoms with E-state index in [1.54, 1.807) is 0 Å². The molecule has 0 amide bonds. The fourth-order valence-electron chi connectivity index (χ4n) is 3.33. The van der Waals surface area contributed by atoms with Gasteiger partial charge in [-0.15, -0.1) is 0 Å². The van der Waals surface area contributed by atoms with Gasteiger partial charge in [0.05, 0.1) is 13.2 Å². The van der Waals surface area contributed by atoms with Gasteiger partial charge in [0.1, 0.15) is 0 Å². The SMILES string of the molecule is Cc1cccc(CC(CO)(CO)C2CCCC2)c1. The van der Waals surface area contributed by atoms with Crippen molar-refractivity contribution >= 4 is 0 Å². The second-order valence-corrected chi connectivity index (χ2v) is 5.83. The van der Waals surface area contributed by atoms with Crippen molar-refractivity contribution in [3.8, 4) is 0 Å². The molecule has 2 N–H and O–H groups in total. The molecule has 0 saturated heterocycles. The highest BCUT2D eigenvalue weighted by Gasteiger charge is 2.39. The van der Waals surface area contributed by atoms with E-state index < -0.39 is 0 Å². The highest BCUT2D eigenvalue weighted by molar-refractivity contribution is 5.23. The number of hydrogen-bond acceptors (Lipinski definition) is 2. The van der Waals surface area contributed by atoms with Crippen molar-refractivity contribution in [2.45, 2.75) is 39.0 Å². The quantitative estimate of drug-likeness (QED) is 0.841. The van der Waals surface area contributed by atoms with E-state index in [1.807, 2.05) is 0 Å². The van der Waals surface area contributed by atoms with Crippen LogP contribution in [0.15, 0.2) is 24.3 Å². The minimum atomic E-state index is -0.329. The number of aliphatic hydroxyl groups is 2. The fourth-order valence-corrected chi connectivity index (χ4v) is 3.33. The van der Waals surface area contributed by atoms with E-state index in [0.29, 0.717) is 5.92 Å². The zero-order valence-electron chi connectivity index (χ0n) is 11.2. The molecule has 2 heteroatoms. The fraction of sp³-hybridized carbons (Fsp3) is 0.625. The molecule has 18 heavy (non-hydrogen) atoms. The molecule has 0 aliphatic heterocycles. The molecule has 2 nitrogen and oxygen atoms in total. The molecule has 0 radical (unpaired) electrons. The van der Waals surface area contributed by atoms with Crippen molar-refractivity contribution in [3.05, 3.63) is 35.4 Å². The molecular weight excluding hydrogens is 224 g/mol. The Balaban J connectivity index is 2.19. The van der Waals surface area contributed by atoms with E-state index in [0.717, 1.165) is 19.3 Å². The van der Waals surface area contributed by atoms with Crippen LogP contribution >= 0.6 is 0 Å². The molecule has 1 saturated carbocycles. The Kier molecular flexibility index (Phi) is 4.41. The van der Waals surface area contributed by atoms with Gasteiger partial charge >= 0.3 is 0 Å². The Bertz CT molecular complexity index is 376. The Morgan fingerprint density at radius 3 is 2.39 bits per heavy atom. The molecule has 0 heterocycles. The third kappa shape index (κ3) is 2.76. The van der Waals surface area contributed by atoms with E-state index in [9.17, 15) is 10.2 Å². The number of benzene rings is 1. The number of aliphatic hydroxyl groups excluding tert-OH is 2. The first-order chi connectivity index (χ1) is 8.70. The normalized spacial score (nSPS) is 17.3. The van der Waals surface area contributed by atoms with Crippen molar-refractivity contribution in [2.75, 3.05) is 13.2 Å². The molecule has 100 valence electrons. The van der Waals surface area contributed by atoms with Gasteiger partial charge in [0, 0.05) is 5.41 Å². The summed E-state index contributed by atoms with van der Waals surface area (Å²) in [6.45, 7) is 2.25. The van der Waals surface area contributed by atoms with Gasteiger partial charge in [-0.25, -0.2) is 0 Å². The predicted octanol–water partition coefficient (Wildman–Crippen LogP) is 2.70. The predicted molar refractivity (Wildman–Crippen MR) is 73.4 cm³/mol. The lowest BCUT2D eigenvalue weighted by Crippen LogP contribution is -2.39. The van der Waals surface area contributed by atoms with E-state index in [4.69, 9.17) is 0 Å². The van der Waals surface area contributed by atoms with Crippen LogP contribution in [-0.4, -0.2) is 23.4 Å². The zero-order valence-corrected chi connectivity index (χ0v) is 11.2. The maximum atomic E-state index is 9.81. The summed E-state index contributed by atoms with van der Waals surface area (Å²) in [5, 5.41) is 19.6. The number of rotatable bonds is 5. The zero-order chi connectivity index (χ0) is 13.0. The lowest BCUT2D eigenvalue weighted by molar-refractivity contribution is 0.00570. The summed E-state index contributed by atoms with van der Waals surface area (Å²) in [7, 11) is 0. The molecule has 0 unspecified atom stereocenters. The standard InChI is InChI=1S/C16H24O2/c1-13-5-4-6-14(9-13)10-16(11-17,12-18)15-7-2-3-8-15/h4-6,9,15,17-18H,2-3,7-8,10-12H2,1H3. The van der Waals surface area contributed by atoms with Gasteiger partial charge in [-0.3, -0.25) is 0 Å². The van der Waals surface area contributed by atoms with Gasteiger partial charge in [0.2, 0.25) is 0 Å². The first kappa shape index (κ1) is 13.6. The van der Waals surface area contributed by atoms with Crippen LogP contribution < -0.4 is 0 Å². The minimum Gasteiger partial charge on any atom is -0.396 e. The summed E-state index contributed by atoms with van der Waals surface area (Å²) < 4.78 is 0. The second-order valence-electron chi connectivity index (χ2n) is 5.83. The van der Waals surface area contributed by atoms with Gasteiger partial charge in [-0.05, 0) is 37.7 Å². The van der Waals surface area contributed by atoms with Crippen LogP contribution in [0.4, 0.5) is 0 Å². The molecule has 2 rings (SSSR count). The molecule has 1 aliphatic carbocycles. The molecular formula is C16H24O2. The van der Waals surface area contributed by atoms with Crippen LogP contribution in [-0.2, 0) is 6.42 Å². The summed E-state index contributed by atoms with van der Waals surface area (Å²) in [4.78, 5) is 0. The number of hydrogen-bond donors (Lipinski definition) is 2. The highest BCUT2D eigenvalue weighted by atomic mass is 16.3. The Hall–Kier alpha value is -0.860. The molecule has 0 aromatic heterocycles. The lowest BCUT2D eigenvalue weighted by Gasteiger charge is -2.36. The van der Waals surface area contributed by atoms with E-state index in [-0.39, 0.29) is 18.6 Å². The number of aryl methyl sites for hydroxylation is 1. The summed E-state index contributed by atoms with van der Waals surface area (Å²) in [5.41, 5.74) is 2.14. The highest BCUT2D eigenvalue weighted by Crippen LogP contribution is 2.41. The Morgan fingerprint density at radius 1 is 1.17 bits per heavy atom. The van der Waals surface area contributed by atoms with Crippen molar-refractivity contribution in [1.82, 2.24) is 0 Å². The first-order valence-electron chi connectivity index (χ1n) is 6.97. The third-order valence-electron chi connectivity index (χ3n) is 4.49. The maximum absolute atomic E-state index is 9.81. The third-order valence-corrected chi connectivity index (χ3v) is 4.49. The average molecular weight is 248 g/mol. The summed E-state index contributed by atoms with van der Waals surface area (Å²) in [5.74, 6) is 0.466. The second kappa shape index (κ2) is 5.85. The smallest absolute Gasteiger partial charge is 0.0515 e. The molecule has 1 aliphatic rings. The Morgan fingerprint density at radius 2 is 1.83 bits per heavy atom. The van der Waals surface area contributed by atoms with Crippen LogP contribution in [0.25, 0.3) is 0 Å².